The lowest BCUT2D eigenvalue weighted by Gasteiger charge is -2.34. The second-order valence-corrected chi connectivity index (χ2v) is 7.74. The van der Waals surface area contributed by atoms with E-state index in [0.717, 1.165) is 45.5 Å². The molecular formula is C19H23N5O3S. The number of carbonyl (C=O) groups is 1. The second kappa shape index (κ2) is 7.31. The number of amides is 1. The minimum absolute atomic E-state index is 0.00890. The van der Waals surface area contributed by atoms with E-state index < -0.39 is 0 Å². The van der Waals surface area contributed by atoms with Crippen LogP contribution in [0.4, 0.5) is 5.13 Å². The number of rotatable bonds is 4. The molecule has 3 aromatic rings. The lowest BCUT2D eigenvalue weighted by Crippen LogP contribution is -2.49. The number of hydrogen-bond donors (Lipinski definition) is 0. The predicted molar refractivity (Wildman–Crippen MR) is 109 cm³/mol. The molecule has 0 aliphatic carbocycles. The molecule has 1 aromatic carbocycles. The van der Waals surface area contributed by atoms with Gasteiger partial charge in [0, 0.05) is 45.0 Å². The maximum Gasteiger partial charge on any atom is 0.274 e. The Hall–Kier alpha value is -2.81. The molecule has 1 aliphatic heterocycles. The van der Waals surface area contributed by atoms with Crippen LogP contribution in [0.3, 0.4) is 0 Å². The van der Waals surface area contributed by atoms with E-state index in [4.69, 9.17) is 14.5 Å². The SMILES string of the molecule is COc1ccc(OC)c2sc(N3CCN(C(=O)c4nn(C)cc4C)CC3)nc12. The number of aromatic nitrogens is 3. The molecule has 0 saturated carbocycles. The molecule has 0 bridgehead atoms. The molecule has 0 radical (unpaired) electrons. The molecule has 0 spiro atoms. The summed E-state index contributed by atoms with van der Waals surface area (Å²) in [5, 5.41) is 5.22. The molecule has 1 saturated heterocycles. The van der Waals surface area contributed by atoms with E-state index in [1.165, 1.54) is 0 Å². The first-order valence-corrected chi connectivity index (χ1v) is 9.89. The molecule has 2 aromatic heterocycles. The van der Waals surface area contributed by atoms with Gasteiger partial charge in [0.1, 0.15) is 21.7 Å². The summed E-state index contributed by atoms with van der Waals surface area (Å²) in [6.07, 6.45) is 1.87. The van der Waals surface area contributed by atoms with Gasteiger partial charge in [-0.3, -0.25) is 9.48 Å². The first kappa shape index (κ1) is 18.5. The Morgan fingerprint density at radius 2 is 1.79 bits per heavy atom. The number of anilines is 1. The number of fused-ring (bicyclic) bond motifs is 1. The zero-order valence-electron chi connectivity index (χ0n) is 16.4. The van der Waals surface area contributed by atoms with Crippen molar-refractivity contribution in [2.24, 2.45) is 7.05 Å². The Labute approximate surface area is 167 Å². The normalized spacial score (nSPS) is 14.6. The van der Waals surface area contributed by atoms with Crippen LogP contribution in [0.1, 0.15) is 16.1 Å². The number of hydrogen-bond acceptors (Lipinski definition) is 7. The Kier molecular flexibility index (Phi) is 4.84. The van der Waals surface area contributed by atoms with E-state index in [0.29, 0.717) is 18.8 Å². The lowest BCUT2D eigenvalue weighted by molar-refractivity contribution is 0.0739. The maximum atomic E-state index is 12.8. The van der Waals surface area contributed by atoms with Crippen LogP contribution in [0, 0.1) is 6.92 Å². The summed E-state index contributed by atoms with van der Waals surface area (Å²) in [6.45, 7) is 4.64. The summed E-state index contributed by atoms with van der Waals surface area (Å²) in [7, 11) is 5.13. The number of benzene rings is 1. The highest BCUT2D eigenvalue weighted by Gasteiger charge is 2.27. The summed E-state index contributed by atoms with van der Waals surface area (Å²) in [5.41, 5.74) is 2.25. The van der Waals surface area contributed by atoms with Gasteiger partial charge in [-0.2, -0.15) is 5.10 Å². The standard InChI is InChI=1S/C19H23N5O3S/c1-12-11-22(2)21-15(12)18(25)23-7-9-24(10-8-23)19-20-16-13(26-3)5-6-14(27-4)17(16)28-19/h5-6,11H,7-10H2,1-4H3. The number of piperazine rings is 1. The fourth-order valence-electron chi connectivity index (χ4n) is 3.48. The molecule has 0 atom stereocenters. The molecule has 1 amide bonds. The van der Waals surface area contributed by atoms with Crippen molar-refractivity contribution in [1.29, 1.82) is 0 Å². The Balaban J connectivity index is 1.52. The van der Waals surface area contributed by atoms with Crippen LogP contribution in [0.2, 0.25) is 0 Å². The molecule has 28 heavy (non-hydrogen) atoms. The maximum absolute atomic E-state index is 12.8. The van der Waals surface area contributed by atoms with Crippen molar-refractivity contribution in [2.75, 3.05) is 45.3 Å². The molecule has 1 aliphatic rings. The fourth-order valence-corrected chi connectivity index (χ4v) is 4.60. The van der Waals surface area contributed by atoms with E-state index in [2.05, 4.69) is 10.00 Å². The zero-order valence-corrected chi connectivity index (χ0v) is 17.2. The minimum Gasteiger partial charge on any atom is -0.495 e. The highest BCUT2D eigenvalue weighted by Crippen LogP contribution is 2.40. The number of methoxy groups -OCH3 is 2. The number of carbonyl (C=O) groups excluding carboxylic acids is 1. The van der Waals surface area contributed by atoms with Crippen molar-refractivity contribution < 1.29 is 14.3 Å². The molecule has 9 heteroatoms. The average Bonchev–Trinajstić information content (AvgIpc) is 3.30. The van der Waals surface area contributed by atoms with Gasteiger partial charge in [0.15, 0.2) is 10.8 Å². The summed E-state index contributed by atoms with van der Waals surface area (Å²) in [5.74, 6) is 1.52. The van der Waals surface area contributed by atoms with Crippen LogP contribution in [0.15, 0.2) is 18.3 Å². The van der Waals surface area contributed by atoms with Gasteiger partial charge in [-0.25, -0.2) is 4.98 Å². The third kappa shape index (κ3) is 3.15. The van der Waals surface area contributed by atoms with Crippen LogP contribution < -0.4 is 14.4 Å². The third-order valence-electron chi connectivity index (χ3n) is 4.95. The van der Waals surface area contributed by atoms with Crippen molar-refractivity contribution in [2.45, 2.75) is 6.92 Å². The molecule has 3 heterocycles. The van der Waals surface area contributed by atoms with Crippen molar-refractivity contribution >= 4 is 32.6 Å². The van der Waals surface area contributed by atoms with Crippen LogP contribution >= 0.6 is 11.3 Å². The molecule has 0 unspecified atom stereocenters. The van der Waals surface area contributed by atoms with Gasteiger partial charge >= 0.3 is 0 Å². The third-order valence-corrected chi connectivity index (χ3v) is 6.08. The van der Waals surface area contributed by atoms with Crippen molar-refractivity contribution in [3.8, 4) is 11.5 Å². The van der Waals surface area contributed by atoms with Gasteiger partial charge in [-0.05, 0) is 19.1 Å². The van der Waals surface area contributed by atoms with Crippen molar-refractivity contribution in [1.82, 2.24) is 19.7 Å². The molecule has 4 rings (SSSR count). The van der Waals surface area contributed by atoms with E-state index >= 15 is 0 Å². The topological polar surface area (TPSA) is 72.7 Å². The van der Waals surface area contributed by atoms with Gasteiger partial charge in [-0.1, -0.05) is 11.3 Å². The van der Waals surface area contributed by atoms with Crippen LogP contribution in [-0.2, 0) is 7.05 Å². The van der Waals surface area contributed by atoms with Gasteiger partial charge in [-0.15, -0.1) is 0 Å². The van der Waals surface area contributed by atoms with Crippen LogP contribution in [-0.4, -0.2) is 66.0 Å². The molecule has 8 nitrogen and oxygen atoms in total. The first-order valence-electron chi connectivity index (χ1n) is 9.07. The quantitative estimate of drug-likeness (QED) is 0.668. The van der Waals surface area contributed by atoms with E-state index in [1.54, 1.807) is 30.2 Å². The molecular weight excluding hydrogens is 378 g/mol. The van der Waals surface area contributed by atoms with Crippen molar-refractivity contribution in [3.63, 3.8) is 0 Å². The number of ether oxygens (including phenoxy) is 2. The second-order valence-electron chi connectivity index (χ2n) is 6.76. The zero-order chi connectivity index (χ0) is 19.8. The van der Waals surface area contributed by atoms with E-state index in [1.807, 2.05) is 37.2 Å². The minimum atomic E-state index is -0.00890. The average molecular weight is 401 g/mol. The van der Waals surface area contributed by atoms with Gasteiger partial charge in [0.05, 0.1) is 14.2 Å². The van der Waals surface area contributed by atoms with E-state index in [9.17, 15) is 4.79 Å². The van der Waals surface area contributed by atoms with Gasteiger partial charge < -0.3 is 19.3 Å². The summed E-state index contributed by atoms with van der Waals surface area (Å²) < 4.78 is 13.6. The van der Waals surface area contributed by atoms with Crippen molar-refractivity contribution in [3.05, 3.63) is 29.6 Å². The largest absolute Gasteiger partial charge is 0.495 e. The Morgan fingerprint density at radius 3 is 2.39 bits per heavy atom. The highest BCUT2D eigenvalue weighted by molar-refractivity contribution is 7.22. The van der Waals surface area contributed by atoms with Gasteiger partial charge in [0.25, 0.3) is 5.91 Å². The smallest absolute Gasteiger partial charge is 0.274 e. The lowest BCUT2D eigenvalue weighted by atomic mass is 10.2. The predicted octanol–water partition coefficient (Wildman–Crippen LogP) is 2.32. The Bertz CT molecular complexity index is 979. The Morgan fingerprint density at radius 1 is 1.11 bits per heavy atom. The van der Waals surface area contributed by atoms with Gasteiger partial charge in [0.2, 0.25) is 0 Å². The molecule has 148 valence electrons. The summed E-state index contributed by atoms with van der Waals surface area (Å²) >= 11 is 1.59. The number of aryl methyl sites for hydroxylation is 2. The monoisotopic (exact) mass is 401 g/mol. The molecule has 1 fully saturated rings. The van der Waals surface area contributed by atoms with Crippen LogP contribution in [0.5, 0.6) is 11.5 Å². The number of thiazole rings is 1. The first-order chi connectivity index (χ1) is 13.5. The van der Waals surface area contributed by atoms with Crippen LogP contribution in [0.25, 0.3) is 10.2 Å². The summed E-state index contributed by atoms with van der Waals surface area (Å²) in [4.78, 5) is 21.6. The van der Waals surface area contributed by atoms with E-state index in [-0.39, 0.29) is 5.91 Å². The number of nitrogens with zero attached hydrogens (tertiary/aromatic N) is 5. The molecule has 0 N–H and O–H groups in total. The fraction of sp³-hybridized carbons (Fsp3) is 0.421. The summed E-state index contributed by atoms with van der Waals surface area (Å²) in [6, 6.07) is 3.77. The highest BCUT2D eigenvalue weighted by atomic mass is 32.1.